The zero-order valence-electron chi connectivity index (χ0n) is 9.24. The van der Waals surface area contributed by atoms with Crippen molar-refractivity contribution >= 4 is 23.2 Å². The fourth-order valence-electron chi connectivity index (χ4n) is 1.46. The SMILES string of the molecule is O=C(N[C@H](C(=O)O)c1ccccc1)c1cscn1. The van der Waals surface area contributed by atoms with Gasteiger partial charge in [-0.05, 0) is 5.56 Å². The lowest BCUT2D eigenvalue weighted by Gasteiger charge is -2.13. The summed E-state index contributed by atoms with van der Waals surface area (Å²) in [6.45, 7) is 0. The number of amides is 1. The average molecular weight is 262 g/mol. The summed E-state index contributed by atoms with van der Waals surface area (Å²) in [5.41, 5.74) is 2.27. The lowest BCUT2D eigenvalue weighted by Crippen LogP contribution is -2.33. The Labute approximate surface area is 107 Å². The van der Waals surface area contributed by atoms with Gasteiger partial charge in [0.1, 0.15) is 5.69 Å². The number of nitrogens with zero attached hydrogens (tertiary/aromatic N) is 1. The quantitative estimate of drug-likeness (QED) is 0.879. The molecule has 0 spiro atoms. The lowest BCUT2D eigenvalue weighted by molar-refractivity contribution is -0.139. The van der Waals surface area contributed by atoms with Crippen LogP contribution in [0.5, 0.6) is 0 Å². The highest BCUT2D eigenvalue weighted by Gasteiger charge is 2.22. The van der Waals surface area contributed by atoms with Crippen LogP contribution in [0.2, 0.25) is 0 Å². The summed E-state index contributed by atoms with van der Waals surface area (Å²) >= 11 is 1.28. The number of rotatable bonds is 4. The Morgan fingerprint density at radius 3 is 2.56 bits per heavy atom. The van der Waals surface area contributed by atoms with Crippen LogP contribution in [0, 0.1) is 0 Å². The molecule has 6 heteroatoms. The van der Waals surface area contributed by atoms with E-state index >= 15 is 0 Å². The van der Waals surface area contributed by atoms with E-state index in [1.807, 2.05) is 0 Å². The second-order valence-corrected chi connectivity index (χ2v) is 4.25. The second-order valence-electron chi connectivity index (χ2n) is 3.53. The normalized spacial score (nSPS) is 11.8. The van der Waals surface area contributed by atoms with Crippen molar-refractivity contribution in [1.29, 1.82) is 0 Å². The van der Waals surface area contributed by atoms with Gasteiger partial charge in [0.2, 0.25) is 0 Å². The number of thiazole rings is 1. The lowest BCUT2D eigenvalue weighted by atomic mass is 10.1. The molecule has 92 valence electrons. The van der Waals surface area contributed by atoms with Crippen molar-refractivity contribution in [2.24, 2.45) is 0 Å². The molecule has 1 heterocycles. The van der Waals surface area contributed by atoms with E-state index in [-0.39, 0.29) is 5.69 Å². The van der Waals surface area contributed by atoms with Crippen LogP contribution in [0.3, 0.4) is 0 Å². The summed E-state index contributed by atoms with van der Waals surface area (Å²) in [6.07, 6.45) is 0. The molecule has 2 rings (SSSR count). The second kappa shape index (κ2) is 5.42. The molecule has 0 bridgehead atoms. The molecule has 0 aliphatic heterocycles. The van der Waals surface area contributed by atoms with Gasteiger partial charge in [-0.3, -0.25) is 4.79 Å². The summed E-state index contributed by atoms with van der Waals surface area (Å²) in [5, 5.41) is 13.2. The summed E-state index contributed by atoms with van der Waals surface area (Å²) in [4.78, 5) is 26.8. The van der Waals surface area contributed by atoms with Crippen molar-refractivity contribution in [1.82, 2.24) is 10.3 Å². The maximum atomic E-state index is 11.8. The zero-order valence-corrected chi connectivity index (χ0v) is 10.1. The van der Waals surface area contributed by atoms with E-state index in [1.54, 1.807) is 35.7 Å². The summed E-state index contributed by atoms with van der Waals surface area (Å²) in [5.74, 6) is -1.60. The van der Waals surface area contributed by atoms with Gasteiger partial charge < -0.3 is 10.4 Å². The van der Waals surface area contributed by atoms with E-state index in [1.165, 1.54) is 16.8 Å². The Morgan fingerprint density at radius 1 is 1.28 bits per heavy atom. The Balaban J connectivity index is 2.18. The molecule has 1 aromatic heterocycles. The highest BCUT2D eigenvalue weighted by Crippen LogP contribution is 2.13. The average Bonchev–Trinajstić information content (AvgIpc) is 2.90. The van der Waals surface area contributed by atoms with Gasteiger partial charge in [0.15, 0.2) is 6.04 Å². The predicted octanol–water partition coefficient (Wildman–Crippen LogP) is 1.70. The maximum absolute atomic E-state index is 11.8. The van der Waals surface area contributed by atoms with Gasteiger partial charge in [-0.2, -0.15) is 0 Å². The van der Waals surface area contributed by atoms with Crippen LogP contribution in [-0.2, 0) is 4.79 Å². The largest absolute Gasteiger partial charge is 0.479 e. The van der Waals surface area contributed by atoms with E-state index in [4.69, 9.17) is 5.11 Å². The molecule has 0 fully saturated rings. The number of nitrogens with one attached hydrogen (secondary N) is 1. The molecule has 0 unspecified atom stereocenters. The first kappa shape index (κ1) is 12.3. The fraction of sp³-hybridized carbons (Fsp3) is 0.0833. The van der Waals surface area contributed by atoms with Gasteiger partial charge in [0.05, 0.1) is 5.51 Å². The topological polar surface area (TPSA) is 79.3 Å². The molecule has 5 nitrogen and oxygen atoms in total. The molecule has 0 aliphatic carbocycles. The van der Waals surface area contributed by atoms with Crippen molar-refractivity contribution in [3.63, 3.8) is 0 Å². The van der Waals surface area contributed by atoms with Crippen LogP contribution in [0.25, 0.3) is 0 Å². The van der Waals surface area contributed by atoms with Crippen molar-refractivity contribution in [3.05, 3.63) is 52.5 Å². The molecule has 1 aromatic carbocycles. The van der Waals surface area contributed by atoms with Crippen LogP contribution in [-0.4, -0.2) is 22.0 Å². The van der Waals surface area contributed by atoms with Crippen LogP contribution < -0.4 is 5.32 Å². The van der Waals surface area contributed by atoms with Crippen LogP contribution in [0.1, 0.15) is 22.1 Å². The molecule has 1 amide bonds. The monoisotopic (exact) mass is 262 g/mol. The molecule has 0 saturated heterocycles. The van der Waals surface area contributed by atoms with Crippen molar-refractivity contribution < 1.29 is 14.7 Å². The van der Waals surface area contributed by atoms with Gasteiger partial charge in [-0.25, -0.2) is 9.78 Å². The molecule has 2 N–H and O–H groups in total. The number of benzene rings is 1. The van der Waals surface area contributed by atoms with Crippen LogP contribution in [0.4, 0.5) is 0 Å². The summed E-state index contributed by atoms with van der Waals surface area (Å²) in [6, 6.07) is 7.46. The smallest absolute Gasteiger partial charge is 0.330 e. The number of carbonyl (C=O) groups excluding carboxylic acids is 1. The first-order chi connectivity index (χ1) is 8.68. The van der Waals surface area contributed by atoms with Crippen LogP contribution in [0.15, 0.2) is 41.2 Å². The first-order valence-electron chi connectivity index (χ1n) is 5.15. The van der Waals surface area contributed by atoms with Gasteiger partial charge in [-0.15, -0.1) is 11.3 Å². The minimum absolute atomic E-state index is 0.224. The van der Waals surface area contributed by atoms with E-state index in [9.17, 15) is 9.59 Å². The van der Waals surface area contributed by atoms with Crippen LogP contribution >= 0.6 is 11.3 Å². The molecule has 18 heavy (non-hydrogen) atoms. The van der Waals surface area contributed by atoms with Gasteiger partial charge in [0, 0.05) is 5.38 Å². The maximum Gasteiger partial charge on any atom is 0.330 e. The number of hydrogen-bond acceptors (Lipinski definition) is 4. The number of carboxylic acid groups (broad SMARTS) is 1. The number of carboxylic acids is 1. The third kappa shape index (κ3) is 2.72. The number of carbonyl (C=O) groups is 2. The molecular formula is C12H10N2O3S. The minimum atomic E-state index is -1.11. The third-order valence-electron chi connectivity index (χ3n) is 2.32. The molecule has 0 aliphatic rings. The molecule has 2 aromatic rings. The highest BCUT2D eigenvalue weighted by molar-refractivity contribution is 7.07. The Bertz CT molecular complexity index is 540. The van der Waals surface area contributed by atoms with Crippen molar-refractivity contribution in [2.45, 2.75) is 6.04 Å². The number of hydrogen-bond donors (Lipinski definition) is 2. The zero-order chi connectivity index (χ0) is 13.0. The molecule has 1 atom stereocenters. The van der Waals surface area contributed by atoms with E-state index < -0.39 is 17.9 Å². The van der Waals surface area contributed by atoms with Crippen molar-refractivity contribution in [2.75, 3.05) is 0 Å². The third-order valence-corrected chi connectivity index (χ3v) is 2.91. The standard InChI is InChI=1S/C12H10N2O3S/c15-11(9-6-18-7-13-9)14-10(12(16)17)8-4-2-1-3-5-8/h1-7,10H,(H,14,15)(H,16,17)/t10-/m0/s1. The Hall–Kier alpha value is -2.21. The minimum Gasteiger partial charge on any atom is -0.479 e. The Kier molecular flexibility index (Phi) is 3.69. The fourth-order valence-corrected chi connectivity index (χ4v) is 1.99. The molecule has 0 saturated carbocycles. The van der Waals surface area contributed by atoms with Gasteiger partial charge in [-0.1, -0.05) is 30.3 Å². The number of aliphatic carboxylic acids is 1. The summed E-state index contributed by atoms with van der Waals surface area (Å²) in [7, 11) is 0. The van der Waals surface area contributed by atoms with Gasteiger partial charge >= 0.3 is 5.97 Å². The van der Waals surface area contributed by atoms with Gasteiger partial charge in [0.25, 0.3) is 5.91 Å². The Morgan fingerprint density at radius 2 is 2.00 bits per heavy atom. The first-order valence-corrected chi connectivity index (χ1v) is 6.09. The van der Waals surface area contributed by atoms with E-state index in [0.717, 1.165) is 0 Å². The van der Waals surface area contributed by atoms with Crippen molar-refractivity contribution in [3.8, 4) is 0 Å². The van der Waals surface area contributed by atoms with E-state index in [2.05, 4.69) is 10.3 Å². The highest BCUT2D eigenvalue weighted by atomic mass is 32.1. The predicted molar refractivity (Wildman–Crippen MR) is 66.4 cm³/mol. The molecular weight excluding hydrogens is 252 g/mol. The molecule has 0 radical (unpaired) electrons. The summed E-state index contributed by atoms with van der Waals surface area (Å²) < 4.78 is 0. The van der Waals surface area contributed by atoms with E-state index in [0.29, 0.717) is 5.56 Å². The number of aromatic nitrogens is 1.